The number of para-hydroxylation sites is 2. The molecule has 0 radical (unpaired) electrons. The largest absolute Gasteiger partial charge is 0.497 e. The van der Waals surface area contributed by atoms with Crippen molar-refractivity contribution < 1.29 is 14.3 Å². The van der Waals surface area contributed by atoms with Crippen LogP contribution >= 0.6 is 0 Å². The SMILES string of the molecule is COc1ccc(CCn2c(N)c(C(=O)OCc3ccccc3)c3nc4ccccc4nc32)cc1. The molecule has 34 heavy (non-hydrogen) atoms. The van der Waals surface area contributed by atoms with Gasteiger partial charge in [-0.2, -0.15) is 0 Å². The Bertz CT molecular complexity index is 1460. The molecule has 0 aliphatic carbocycles. The van der Waals surface area contributed by atoms with Crippen molar-refractivity contribution in [2.75, 3.05) is 12.8 Å². The number of nitrogens with zero attached hydrogens (tertiary/aromatic N) is 3. The maximum Gasteiger partial charge on any atom is 0.344 e. The average molecular weight is 453 g/mol. The monoisotopic (exact) mass is 452 g/mol. The zero-order chi connectivity index (χ0) is 23.5. The summed E-state index contributed by atoms with van der Waals surface area (Å²) in [6.45, 7) is 0.687. The maximum atomic E-state index is 13.1. The summed E-state index contributed by atoms with van der Waals surface area (Å²) in [5.41, 5.74) is 11.2. The van der Waals surface area contributed by atoms with Crippen LogP contribution in [0.4, 0.5) is 5.82 Å². The number of rotatable bonds is 7. The minimum atomic E-state index is -0.515. The molecule has 2 N–H and O–H groups in total. The van der Waals surface area contributed by atoms with Gasteiger partial charge in [0.2, 0.25) is 0 Å². The molecular formula is C27H24N4O3. The molecule has 7 heteroatoms. The highest BCUT2D eigenvalue weighted by molar-refractivity contribution is 6.08. The third kappa shape index (κ3) is 4.15. The molecule has 0 aliphatic heterocycles. The van der Waals surface area contributed by atoms with E-state index in [4.69, 9.17) is 25.2 Å². The first-order valence-corrected chi connectivity index (χ1v) is 11.0. The van der Waals surface area contributed by atoms with Gasteiger partial charge in [-0.25, -0.2) is 14.8 Å². The molecule has 0 amide bonds. The third-order valence-corrected chi connectivity index (χ3v) is 5.79. The summed E-state index contributed by atoms with van der Waals surface area (Å²) in [7, 11) is 1.64. The third-order valence-electron chi connectivity index (χ3n) is 5.79. The summed E-state index contributed by atoms with van der Waals surface area (Å²) in [6, 6.07) is 25.0. The first kappa shape index (κ1) is 21.5. The number of hydrogen-bond donors (Lipinski definition) is 1. The van der Waals surface area contributed by atoms with Crippen LogP contribution in [0.25, 0.3) is 22.2 Å². The predicted octanol–water partition coefficient (Wildman–Crippen LogP) is 4.78. The van der Waals surface area contributed by atoms with Crippen LogP contribution < -0.4 is 10.5 Å². The van der Waals surface area contributed by atoms with Crippen molar-refractivity contribution in [1.29, 1.82) is 0 Å². The molecule has 0 unspecified atom stereocenters. The number of fused-ring (bicyclic) bond motifs is 2. The Morgan fingerprint density at radius 1 is 0.882 bits per heavy atom. The minimum Gasteiger partial charge on any atom is -0.497 e. The molecule has 2 heterocycles. The van der Waals surface area contributed by atoms with E-state index >= 15 is 0 Å². The van der Waals surface area contributed by atoms with E-state index in [1.165, 1.54) is 0 Å². The zero-order valence-electron chi connectivity index (χ0n) is 18.8. The molecule has 0 atom stereocenters. The van der Waals surface area contributed by atoms with Gasteiger partial charge in [0, 0.05) is 6.54 Å². The molecule has 3 aromatic carbocycles. The lowest BCUT2D eigenvalue weighted by molar-refractivity contribution is 0.0476. The van der Waals surface area contributed by atoms with Gasteiger partial charge in [0.15, 0.2) is 5.65 Å². The van der Waals surface area contributed by atoms with Crippen LogP contribution in [-0.4, -0.2) is 27.6 Å². The highest BCUT2D eigenvalue weighted by atomic mass is 16.5. The number of anilines is 1. The summed E-state index contributed by atoms with van der Waals surface area (Å²) in [5, 5.41) is 0. The molecule has 0 aliphatic rings. The number of aryl methyl sites for hydroxylation is 2. The number of benzene rings is 3. The second-order valence-corrected chi connectivity index (χ2v) is 7.96. The van der Waals surface area contributed by atoms with Gasteiger partial charge in [-0.3, -0.25) is 0 Å². The highest BCUT2D eigenvalue weighted by Crippen LogP contribution is 2.29. The topological polar surface area (TPSA) is 92.3 Å². The number of aromatic nitrogens is 3. The highest BCUT2D eigenvalue weighted by Gasteiger charge is 2.25. The minimum absolute atomic E-state index is 0.151. The lowest BCUT2D eigenvalue weighted by Crippen LogP contribution is -2.11. The van der Waals surface area contributed by atoms with Crippen LogP contribution in [0.2, 0.25) is 0 Å². The smallest absolute Gasteiger partial charge is 0.344 e. The van der Waals surface area contributed by atoms with E-state index < -0.39 is 5.97 Å². The number of hydrogen-bond acceptors (Lipinski definition) is 6. The first-order valence-electron chi connectivity index (χ1n) is 11.0. The lowest BCUT2D eigenvalue weighted by atomic mass is 10.1. The molecule has 5 rings (SSSR count). The molecule has 0 fully saturated rings. The molecule has 2 aromatic heterocycles. The zero-order valence-corrected chi connectivity index (χ0v) is 18.8. The normalized spacial score (nSPS) is 11.1. The number of carbonyl (C=O) groups excluding carboxylic acids is 1. The van der Waals surface area contributed by atoms with Crippen LogP contribution in [0.3, 0.4) is 0 Å². The van der Waals surface area contributed by atoms with Gasteiger partial charge >= 0.3 is 5.97 Å². The summed E-state index contributed by atoms with van der Waals surface area (Å²) >= 11 is 0. The lowest BCUT2D eigenvalue weighted by Gasteiger charge is -2.09. The second-order valence-electron chi connectivity index (χ2n) is 7.96. The number of carbonyl (C=O) groups is 1. The average Bonchev–Trinajstić information content (AvgIpc) is 3.15. The van der Waals surface area contributed by atoms with Crippen LogP contribution in [0.1, 0.15) is 21.5 Å². The fraction of sp³-hybridized carbons (Fsp3) is 0.148. The van der Waals surface area contributed by atoms with Gasteiger partial charge in [0.05, 0.1) is 18.1 Å². The standard InChI is InChI=1S/C27H24N4O3/c1-33-20-13-11-18(12-14-20)15-16-31-25(28)23(27(32)34-17-19-7-3-2-4-8-19)24-26(31)30-22-10-6-5-9-21(22)29-24/h2-14H,15-17,28H2,1H3. The van der Waals surface area contributed by atoms with Gasteiger partial charge < -0.3 is 19.8 Å². The number of ether oxygens (including phenoxy) is 2. The van der Waals surface area contributed by atoms with Gasteiger partial charge in [0.25, 0.3) is 0 Å². The number of nitrogen functional groups attached to an aromatic ring is 1. The van der Waals surface area contributed by atoms with Crippen molar-refractivity contribution in [1.82, 2.24) is 14.5 Å². The summed E-state index contributed by atoms with van der Waals surface area (Å²) in [4.78, 5) is 22.7. The van der Waals surface area contributed by atoms with Crippen LogP contribution in [-0.2, 0) is 24.3 Å². The molecule has 5 aromatic rings. The summed E-state index contributed by atoms with van der Waals surface area (Å²) < 4.78 is 12.7. The summed E-state index contributed by atoms with van der Waals surface area (Å²) in [5.74, 6) is 0.589. The van der Waals surface area contributed by atoms with Gasteiger partial charge in [-0.1, -0.05) is 54.6 Å². The van der Waals surface area contributed by atoms with Crippen molar-refractivity contribution >= 4 is 34.0 Å². The van der Waals surface area contributed by atoms with E-state index in [9.17, 15) is 4.79 Å². The first-order chi connectivity index (χ1) is 16.6. The van der Waals surface area contributed by atoms with E-state index in [1.54, 1.807) is 7.11 Å². The molecule has 0 saturated heterocycles. The maximum absolute atomic E-state index is 13.1. The molecular weight excluding hydrogens is 428 g/mol. The Morgan fingerprint density at radius 3 is 2.26 bits per heavy atom. The van der Waals surface area contributed by atoms with Crippen LogP contribution in [0.5, 0.6) is 5.75 Å². The van der Waals surface area contributed by atoms with Crippen molar-refractivity contribution in [3.8, 4) is 5.75 Å². The Morgan fingerprint density at radius 2 is 1.56 bits per heavy atom. The molecule has 0 bridgehead atoms. The van der Waals surface area contributed by atoms with E-state index in [0.29, 0.717) is 35.5 Å². The molecule has 7 nitrogen and oxygen atoms in total. The Balaban J connectivity index is 1.52. The van der Waals surface area contributed by atoms with Gasteiger partial charge in [-0.05, 0) is 41.8 Å². The van der Waals surface area contributed by atoms with E-state index in [2.05, 4.69) is 0 Å². The fourth-order valence-corrected chi connectivity index (χ4v) is 3.97. The molecule has 0 saturated carbocycles. The van der Waals surface area contributed by atoms with Crippen LogP contribution in [0, 0.1) is 0 Å². The number of esters is 1. The van der Waals surface area contributed by atoms with Gasteiger partial charge in [-0.15, -0.1) is 0 Å². The van der Waals surface area contributed by atoms with E-state index in [-0.39, 0.29) is 12.2 Å². The van der Waals surface area contributed by atoms with E-state index in [1.807, 2.05) is 83.4 Å². The Labute approximate surface area is 196 Å². The van der Waals surface area contributed by atoms with Crippen LogP contribution in [0.15, 0.2) is 78.9 Å². The Hall–Kier alpha value is -4.39. The van der Waals surface area contributed by atoms with Crippen molar-refractivity contribution in [2.24, 2.45) is 0 Å². The second kappa shape index (κ2) is 9.23. The quantitative estimate of drug-likeness (QED) is 0.358. The summed E-state index contributed by atoms with van der Waals surface area (Å²) in [6.07, 6.45) is 0.699. The van der Waals surface area contributed by atoms with E-state index in [0.717, 1.165) is 22.4 Å². The van der Waals surface area contributed by atoms with Crippen molar-refractivity contribution in [3.05, 3.63) is 95.6 Å². The molecule has 0 spiro atoms. The van der Waals surface area contributed by atoms with Crippen molar-refractivity contribution in [2.45, 2.75) is 19.6 Å². The van der Waals surface area contributed by atoms with Crippen molar-refractivity contribution in [3.63, 3.8) is 0 Å². The number of nitrogens with two attached hydrogens (primary N) is 1. The molecule has 170 valence electrons. The fourth-order valence-electron chi connectivity index (χ4n) is 3.97. The Kier molecular flexibility index (Phi) is 5.82. The predicted molar refractivity (Wildman–Crippen MR) is 132 cm³/mol. The number of methoxy groups -OCH3 is 1. The van der Waals surface area contributed by atoms with Gasteiger partial charge in [0.1, 0.15) is 29.3 Å².